The van der Waals surface area contributed by atoms with E-state index in [2.05, 4.69) is 10.1 Å². The Kier molecular flexibility index (Phi) is 3.22. The zero-order valence-electron chi connectivity index (χ0n) is 12.7. The second kappa shape index (κ2) is 5.29. The number of rotatable bonds is 2. The van der Waals surface area contributed by atoms with Gasteiger partial charge in [0.05, 0.1) is 17.6 Å². The van der Waals surface area contributed by atoms with Crippen LogP contribution in [0.5, 0.6) is 5.75 Å². The molecule has 0 fully saturated rings. The van der Waals surface area contributed by atoms with Crippen molar-refractivity contribution in [1.82, 2.24) is 14.8 Å². The summed E-state index contributed by atoms with van der Waals surface area (Å²) in [5, 5.41) is 16.7. The van der Waals surface area contributed by atoms with Crippen molar-refractivity contribution >= 4 is 37.3 Å². The van der Waals surface area contributed by atoms with E-state index in [4.69, 9.17) is 5.84 Å². The number of thiophene rings is 1. The van der Waals surface area contributed by atoms with E-state index in [1.165, 1.54) is 33.2 Å². The van der Waals surface area contributed by atoms with E-state index < -0.39 is 0 Å². The molecule has 0 saturated carbocycles. The predicted octanol–water partition coefficient (Wildman–Crippen LogP) is 2.01. The maximum atomic E-state index is 12.8. The molecule has 3 N–H and O–H groups in total. The maximum absolute atomic E-state index is 12.8. The van der Waals surface area contributed by atoms with Crippen LogP contribution in [0.1, 0.15) is 0 Å². The molecule has 1 aromatic carbocycles. The Hall–Kier alpha value is -2.97. The number of phenolic OH excluding ortho intramolecular Hbond substituents is 1. The Morgan fingerprint density at radius 1 is 1.25 bits per heavy atom. The third-order valence-electron chi connectivity index (χ3n) is 3.77. The van der Waals surface area contributed by atoms with Crippen LogP contribution in [0.15, 0.2) is 47.5 Å². The molecule has 24 heavy (non-hydrogen) atoms. The van der Waals surface area contributed by atoms with Gasteiger partial charge in [-0.05, 0) is 30.3 Å². The molecule has 0 saturated heterocycles. The lowest BCUT2D eigenvalue weighted by Crippen LogP contribution is -2.25. The van der Waals surface area contributed by atoms with E-state index in [9.17, 15) is 9.90 Å². The van der Waals surface area contributed by atoms with Crippen LogP contribution >= 0.6 is 11.3 Å². The zero-order valence-corrected chi connectivity index (χ0v) is 13.5. The van der Waals surface area contributed by atoms with Gasteiger partial charge in [0.2, 0.25) is 0 Å². The molecule has 0 amide bonds. The number of aromatic hydroxyl groups is 1. The number of aromatic nitrogens is 3. The Morgan fingerprint density at radius 2 is 2.00 bits per heavy atom. The second-order valence-corrected chi connectivity index (χ2v) is 6.34. The number of nitrogens with zero attached hydrogens (tertiary/aromatic N) is 4. The molecule has 0 atom stereocenters. The van der Waals surface area contributed by atoms with Crippen molar-refractivity contribution in [2.75, 3.05) is 12.1 Å². The van der Waals surface area contributed by atoms with Crippen LogP contribution in [0.4, 0.5) is 5.69 Å². The first-order valence-corrected chi connectivity index (χ1v) is 7.95. The van der Waals surface area contributed by atoms with Crippen molar-refractivity contribution in [3.63, 3.8) is 0 Å². The SMILES string of the molecule is CN(N)c1ccnc2sc3c(=O)n(-c4ccc(O)cc4)ncc3c12. The van der Waals surface area contributed by atoms with Gasteiger partial charge < -0.3 is 10.1 Å². The lowest BCUT2D eigenvalue weighted by Gasteiger charge is -2.12. The van der Waals surface area contributed by atoms with E-state index in [0.717, 1.165) is 21.3 Å². The molecule has 120 valence electrons. The molecular formula is C16H13N5O2S. The van der Waals surface area contributed by atoms with Gasteiger partial charge >= 0.3 is 0 Å². The van der Waals surface area contributed by atoms with E-state index >= 15 is 0 Å². The van der Waals surface area contributed by atoms with Gasteiger partial charge in [-0.15, -0.1) is 11.3 Å². The fraction of sp³-hybridized carbons (Fsp3) is 0.0625. The number of pyridine rings is 1. The third-order valence-corrected chi connectivity index (χ3v) is 4.87. The first-order valence-electron chi connectivity index (χ1n) is 7.13. The minimum atomic E-state index is -0.230. The van der Waals surface area contributed by atoms with E-state index in [0.29, 0.717) is 10.4 Å². The van der Waals surface area contributed by atoms with Crippen molar-refractivity contribution < 1.29 is 5.11 Å². The maximum Gasteiger partial charge on any atom is 0.289 e. The van der Waals surface area contributed by atoms with E-state index in [1.54, 1.807) is 37.6 Å². The molecule has 4 aromatic rings. The average Bonchev–Trinajstić information content (AvgIpc) is 2.96. The summed E-state index contributed by atoms with van der Waals surface area (Å²) in [5.41, 5.74) is 1.14. The smallest absolute Gasteiger partial charge is 0.289 e. The van der Waals surface area contributed by atoms with Crippen molar-refractivity contribution in [1.29, 1.82) is 0 Å². The van der Waals surface area contributed by atoms with Gasteiger partial charge in [-0.3, -0.25) is 4.79 Å². The van der Waals surface area contributed by atoms with Gasteiger partial charge in [0.25, 0.3) is 5.56 Å². The minimum Gasteiger partial charge on any atom is -0.508 e. The lowest BCUT2D eigenvalue weighted by molar-refractivity contribution is 0.475. The Labute approximate surface area is 140 Å². The summed E-state index contributed by atoms with van der Waals surface area (Å²) in [7, 11) is 1.74. The third kappa shape index (κ3) is 2.12. The molecule has 0 spiro atoms. The van der Waals surface area contributed by atoms with Crippen molar-refractivity contribution in [2.45, 2.75) is 0 Å². The molecule has 0 aliphatic carbocycles. The van der Waals surface area contributed by atoms with Gasteiger partial charge in [-0.25, -0.2) is 10.8 Å². The van der Waals surface area contributed by atoms with E-state index in [-0.39, 0.29) is 11.3 Å². The molecular weight excluding hydrogens is 326 g/mol. The summed E-state index contributed by atoms with van der Waals surface area (Å²) in [6.45, 7) is 0. The average molecular weight is 339 g/mol. The van der Waals surface area contributed by atoms with Gasteiger partial charge in [0.1, 0.15) is 15.3 Å². The van der Waals surface area contributed by atoms with Crippen LogP contribution in [-0.2, 0) is 0 Å². The summed E-state index contributed by atoms with van der Waals surface area (Å²) in [5.74, 6) is 6.02. The highest BCUT2D eigenvalue weighted by Crippen LogP contribution is 2.35. The second-order valence-electron chi connectivity index (χ2n) is 5.34. The molecule has 8 heteroatoms. The van der Waals surface area contributed by atoms with Crippen LogP contribution in [0.25, 0.3) is 26.0 Å². The molecule has 0 aliphatic rings. The topological polar surface area (TPSA) is 97.3 Å². The number of hydrogen-bond donors (Lipinski definition) is 2. The highest BCUT2D eigenvalue weighted by molar-refractivity contribution is 7.25. The summed E-state index contributed by atoms with van der Waals surface area (Å²) in [6, 6.07) is 8.11. The summed E-state index contributed by atoms with van der Waals surface area (Å²) in [4.78, 5) is 17.9. The summed E-state index contributed by atoms with van der Waals surface area (Å²) in [6.07, 6.45) is 3.32. The van der Waals surface area contributed by atoms with Crippen LogP contribution in [-0.4, -0.2) is 26.9 Å². The first kappa shape index (κ1) is 14.6. The zero-order chi connectivity index (χ0) is 16.8. The van der Waals surface area contributed by atoms with Crippen molar-refractivity contribution in [2.24, 2.45) is 5.84 Å². The molecule has 3 heterocycles. The Morgan fingerprint density at radius 3 is 2.71 bits per heavy atom. The number of hydrazine groups is 1. The van der Waals surface area contributed by atoms with E-state index in [1.807, 2.05) is 0 Å². The normalized spacial score (nSPS) is 11.2. The number of anilines is 1. The number of hydrogen-bond acceptors (Lipinski definition) is 7. The minimum absolute atomic E-state index is 0.134. The summed E-state index contributed by atoms with van der Waals surface area (Å²) >= 11 is 1.32. The highest BCUT2D eigenvalue weighted by Gasteiger charge is 2.16. The fourth-order valence-electron chi connectivity index (χ4n) is 2.65. The van der Waals surface area contributed by atoms with Crippen molar-refractivity contribution in [3.8, 4) is 11.4 Å². The van der Waals surface area contributed by atoms with Gasteiger partial charge in [-0.1, -0.05) is 0 Å². The fourth-order valence-corrected chi connectivity index (χ4v) is 3.71. The standard InChI is InChI=1S/C16H13N5O2S/c1-20(17)12-6-7-18-15-13(12)11-8-19-21(16(23)14(11)24-15)9-2-4-10(22)5-3-9/h2-8,22H,17H2,1H3. The molecule has 0 aliphatic heterocycles. The first-order chi connectivity index (χ1) is 11.6. The largest absolute Gasteiger partial charge is 0.508 e. The van der Waals surface area contributed by atoms with Gasteiger partial charge in [0, 0.05) is 24.0 Å². The Bertz CT molecular complexity index is 1120. The molecule has 4 rings (SSSR count). The van der Waals surface area contributed by atoms with Gasteiger partial charge in [-0.2, -0.15) is 9.78 Å². The number of fused-ring (bicyclic) bond motifs is 3. The van der Waals surface area contributed by atoms with Crippen LogP contribution in [0, 0.1) is 0 Å². The van der Waals surface area contributed by atoms with Gasteiger partial charge in [0.15, 0.2) is 0 Å². The monoisotopic (exact) mass is 339 g/mol. The van der Waals surface area contributed by atoms with Crippen LogP contribution < -0.4 is 16.4 Å². The highest BCUT2D eigenvalue weighted by atomic mass is 32.1. The number of phenols is 1. The molecule has 0 unspecified atom stereocenters. The molecule has 7 nitrogen and oxygen atoms in total. The Balaban J connectivity index is 2.04. The van der Waals surface area contributed by atoms with Crippen molar-refractivity contribution in [3.05, 3.63) is 53.1 Å². The quantitative estimate of drug-likeness (QED) is 0.428. The molecule has 0 bridgehead atoms. The molecule has 3 aromatic heterocycles. The number of benzene rings is 1. The lowest BCUT2D eigenvalue weighted by atomic mass is 10.2. The molecule has 0 radical (unpaired) electrons. The van der Waals surface area contributed by atoms with Crippen LogP contribution in [0.3, 0.4) is 0 Å². The number of nitrogens with two attached hydrogens (primary N) is 1. The predicted molar refractivity (Wildman–Crippen MR) is 94.8 cm³/mol. The summed E-state index contributed by atoms with van der Waals surface area (Å²) < 4.78 is 1.87. The van der Waals surface area contributed by atoms with Crippen LogP contribution in [0.2, 0.25) is 0 Å².